The molecule has 27 heavy (non-hydrogen) atoms. The first-order valence-corrected chi connectivity index (χ1v) is 9.83. The third-order valence-electron chi connectivity index (χ3n) is 5.09. The molecule has 2 aromatic rings. The van der Waals surface area contributed by atoms with Crippen LogP contribution in [0, 0.1) is 5.92 Å². The molecule has 0 fully saturated rings. The van der Waals surface area contributed by atoms with Crippen molar-refractivity contribution in [3.8, 4) is 0 Å². The van der Waals surface area contributed by atoms with Crippen LogP contribution in [0.3, 0.4) is 0 Å². The Morgan fingerprint density at radius 3 is 2.78 bits per heavy atom. The number of nitrogens with zero attached hydrogens (tertiary/aromatic N) is 3. The van der Waals surface area contributed by atoms with E-state index < -0.39 is 5.92 Å². The number of esters is 1. The highest BCUT2D eigenvalue weighted by Gasteiger charge is 2.43. The first-order valence-electron chi connectivity index (χ1n) is 8.84. The van der Waals surface area contributed by atoms with E-state index in [0.717, 1.165) is 34.1 Å². The number of aromatic nitrogens is 1. The second kappa shape index (κ2) is 7.19. The number of methoxy groups -OCH3 is 1. The van der Waals surface area contributed by atoms with Gasteiger partial charge in [0.2, 0.25) is 0 Å². The summed E-state index contributed by atoms with van der Waals surface area (Å²) < 4.78 is 5.17. The smallest absolute Gasteiger partial charge is 0.316 e. The fourth-order valence-electron chi connectivity index (χ4n) is 3.92. The van der Waals surface area contributed by atoms with E-state index >= 15 is 0 Å². The summed E-state index contributed by atoms with van der Waals surface area (Å²) >= 11 is 1.79. The monoisotopic (exact) mass is 379 g/mol. The number of anilines is 1. The first kappa shape index (κ1) is 17.8. The third kappa shape index (κ3) is 3.04. The maximum absolute atomic E-state index is 12.8. The molecule has 2 unspecified atom stereocenters. The molecule has 138 valence electrons. The molecule has 2 aliphatic heterocycles. The van der Waals surface area contributed by atoms with Crippen LogP contribution in [0.4, 0.5) is 5.69 Å². The number of carbonyl (C=O) groups is 1. The number of hydrogen-bond donors (Lipinski definition) is 0. The molecule has 0 N–H and O–H groups in total. The van der Waals surface area contributed by atoms with Gasteiger partial charge in [-0.2, -0.15) is 0 Å². The molecule has 1 aromatic heterocycles. The van der Waals surface area contributed by atoms with Crippen molar-refractivity contribution in [3.63, 3.8) is 0 Å². The van der Waals surface area contributed by atoms with E-state index in [1.807, 2.05) is 44.3 Å². The molecule has 0 radical (unpaired) electrons. The van der Waals surface area contributed by atoms with E-state index in [2.05, 4.69) is 22.0 Å². The summed E-state index contributed by atoms with van der Waals surface area (Å²) in [6.07, 6.45) is 3.59. The molecule has 0 amide bonds. The van der Waals surface area contributed by atoms with E-state index in [-0.39, 0.29) is 12.0 Å². The normalized spacial score (nSPS) is 21.7. The molecule has 1 aromatic carbocycles. The molecule has 4 rings (SSSR count). The summed E-state index contributed by atoms with van der Waals surface area (Å²) in [7, 11) is 1.44. The minimum absolute atomic E-state index is 0.185. The fraction of sp³-hybridized carbons (Fsp3) is 0.286. The van der Waals surface area contributed by atoms with E-state index in [1.54, 1.807) is 18.0 Å². The van der Waals surface area contributed by atoms with Crippen LogP contribution in [0.1, 0.15) is 19.4 Å². The number of carbonyl (C=O) groups excluding carboxylic acids is 1. The molecular weight excluding hydrogens is 358 g/mol. The highest BCUT2D eigenvalue weighted by molar-refractivity contribution is 7.99. The van der Waals surface area contributed by atoms with Crippen molar-refractivity contribution in [1.82, 2.24) is 4.98 Å². The van der Waals surface area contributed by atoms with Crippen LogP contribution in [-0.2, 0) is 9.53 Å². The van der Waals surface area contributed by atoms with Crippen LogP contribution >= 0.6 is 11.8 Å². The fourth-order valence-corrected chi connectivity index (χ4v) is 5.01. The number of thioether (sulfide) groups is 1. The number of para-hydroxylation sites is 1. The minimum atomic E-state index is -0.458. The molecule has 2 aliphatic rings. The van der Waals surface area contributed by atoms with Gasteiger partial charge in [-0.25, -0.2) is 0 Å². The molecule has 2 atom stereocenters. The quantitative estimate of drug-likeness (QED) is 0.754. The van der Waals surface area contributed by atoms with Crippen molar-refractivity contribution in [3.05, 3.63) is 60.1 Å². The van der Waals surface area contributed by atoms with Gasteiger partial charge < -0.3 is 9.64 Å². The Bertz CT molecular complexity index is 939. The largest absolute Gasteiger partial charge is 0.468 e. The molecule has 0 saturated carbocycles. The van der Waals surface area contributed by atoms with Crippen molar-refractivity contribution in [2.24, 2.45) is 10.9 Å². The van der Waals surface area contributed by atoms with Crippen LogP contribution in [0.25, 0.3) is 5.57 Å². The van der Waals surface area contributed by atoms with Crippen LogP contribution in [-0.4, -0.2) is 35.7 Å². The van der Waals surface area contributed by atoms with Gasteiger partial charge in [0, 0.05) is 34.3 Å². The maximum Gasteiger partial charge on any atom is 0.316 e. The predicted octanol–water partition coefficient (Wildman–Crippen LogP) is 4.01. The van der Waals surface area contributed by atoms with Crippen molar-refractivity contribution in [2.45, 2.75) is 24.8 Å². The lowest BCUT2D eigenvalue weighted by molar-refractivity contribution is -0.143. The molecule has 0 aliphatic carbocycles. The zero-order valence-electron chi connectivity index (χ0n) is 15.5. The Morgan fingerprint density at radius 2 is 2.04 bits per heavy atom. The Hall–Kier alpha value is -2.60. The average Bonchev–Trinajstić information content (AvgIpc) is 3.11. The van der Waals surface area contributed by atoms with Gasteiger partial charge >= 0.3 is 5.97 Å². The molecule has 6 heteroatoms. The molecule has 3 heterocycles. The Kier molecular flexibility index (Phi) is 4.74. The van der Waals surface area contributed by atoms with E-state index in [4.69, 9.17) is 9.73 Å². The SMILES string of the molecule is COC(=O)C1C(C)=NC(C)=C(c2cccnc2)C1N1CSc2ccccc21. The molecule has 0 saturated heterocycles. The molecule has 5 nitrogen and oxygen atoms in total. The van der Waals surface area contributed by atoms with Crippen LogP contribution < -0.4 is 4.90 Å². The number of hydrogen-bond acceptors (Lipinski definition) is 6. The summed E-state index contributed by atoms with van der Waals surface area (Å²) in [5.74, 6) is 0.0622. The maximum atomic E-state index is 12.8. The summed E-state index contributed by atoms with van der Waals surface area (Å²) in [6.45, 7) is 3.91. The van der Waals surface area contributed by atoms with E-state index in [9.17, 15) is 4.79 Å². The van der Waals surface area contributed by atoms with Gasteiger partial charge in [0.1, 0.15) is 5.92 Å². The zero-order valence-corrected chi connectivity index (χ0v) is 16.4. The number of benzene rings is 1. The Labute approximate surface area is 163 Å². The minimum Gasteiger partial charge on any atom is -0.468 e. The van der Waals surface area contributed by atoms with Gasteiger partial charge in [0.15, 0.2) is 0 Å². The lowest BCUT2D eigenvalue weighted by Crippen LogP contribution is -2.48. The van der Waals surface area contributed by atoms with Crippen molar-refractivity contribution in [1.29, 1.82) is 0 Å². The number of ether oxygens (including phenoxy) is 1. The number of rotatable bonds is 3. The molecule has 0 spiro atoms. The van der Waals surface area contributed by atoms with Gasteiger partial charge in [-0.3, -0.25) is 14.8 Å². The highest BCUT2D eigenvalue weighted by atomic mass is 32.2. The van der Waals surface area contributed by atoms with Crippen molar-refractivity contribution < 1.29 is 9.53 Å². The Balaban J connectivity index is 1.90. The standard InChI is InChI=1S/C21H21N3O2S/c1-13-18(15-7-6-10-22-11-15)20(19(14(2)23-13)21(25)26-3)24-12-27-17-9-5-4-8-16(17)24/h4-11,19-20H,12H2,1-3H3. The lowest BCUT2D eigenvalue weighted by atomic mass is 9.82. The second-order valence-corrected chi connectivity index (χ2v) is 7.64. The predicted molar refractivity (Wildman–Crippen MR) is 109 cm³/mol. The number of aliphatic imine (C=N–C) groups is 1. The van der Waals surface area contributed by atoms with Gasteiger partial charge in [-0.1, -0.05) is 18.2 Å². The summed E-state index contributed by atoms with van der Waals surface area (Å²) in [4.78, 5) is 25.3. The topological polar surface area (TPSA) is 54.8 Å². The van der Waals surface area contributed by atoms with Gasteiger partial charge in [-0.05, 0) is 37.6 Å². The summed E-state index contributed by atoms with van der Waals surface area (Å²) in [5, 5.41) is 0. The highest BCUT2D eigenvalue weighted by Crippen LogP contribution is 2.45. The number of fused-ring (bicyclic) bond motifs is 1. The number of allylic oxidation sites excluding steroid dienone is 1. The van der Waals surface area contributed by atoms with Gasteiger partial charge in [0.05, 0.1) is 24.7 Å². The average molecular weight is 379 g/mol. The summed E-state index contributed by atoms with van der Waals surface area (Å²) in [5.41, 5.74) is 4.86. The molecular formula is C21H21N3O2S. The second-order valence-electron chi connectivity index (χ2n) is 6.65. The van der Waals surface area contributed by atoms with Crippen LogP contribution in [0.15, 0.2) is 64.4 Å². The third-order valence-corrected chi connectivity index (χ3v) is 6.16. The van der Waals surface area contributed by atoms with E-state index in [1.165, 1.54) is 12.0 Å². The first-order chi connectivity index (χ1) is 13.1. The zero-order chi connectivity index (χ0) is 19.0. The van der Waals surface area contributed by atoms with E-state index in [0.29, 0.717) is 0 Å². The van der Waals surface area contributed by atoms with Gasteiger partial charge in [0.25, 0.3) is 0 Å². The molecule has 0 bridgehead atoms. The van der Waals surface area contributed by atoms with Crippen LogP contribution in [0.5, 0.6) is 0 Å². The summed E-state index contributed by atoms with van der Waals surface area (Å²) in [6, 6.07) is 12.1. The Morgan fingerprint density at radius 1 is 1.22 bits per heavy atom. The number of pyridine rings is 1. The van der Waals surface area contributed by atoms with Gasteiger partial charge in [-0.15, -0.1) is 11.8 Å². The van der Waals surface area contributed by atoms with Crippen molar-refractivity contribution in [2.75, 3.05) is 17.9 Å². The van der Waals surface area contributed by atoms with Crippen LogP contribution in [0.2, 0.25) is 0 Å². The van der Waals surface area contributed by atoms with Crippen molar-refractivity contribution >= 4 is 34.7 Å². The lowest BCUT2D eigenvalue weighted by Gasteiger charge is -2.39.